The Morgan fingerprint density at radius 3 is 2.75 bits per heavy atom. The van der Waals surface area contributed by atoms with Crippen LogP contribution in [-0.2, 0) is 11.2 Å². The number of aryl methyl sites for hydroxylation is 1. The van der Waals surface area contributed by atoms with E-state index < -0.39 is 7.05 Å². The predicted octanol–water partition coefficient (Wildman–Crippen LogP) is 1.78. The summed E-state index contributed by atoms with van der Waals surface area (Å²) in [6.07, 6.45) is 1.01. The molecule has 0 aliphatic carbocycles. The van der Waals surface area contributed by atoms with Gasteiger partial charge in [0.1, 0.15) is 5.78 Å². The van der Waals surface area contributed by atoms with Gasteiger partial charge in [0.05, 0.1) is 17.7 Å². The van der Waals surface area contributed by atoms with E-state index >= 15 is 0 Å². The van der Waals surface area contributed by atoms with Gasteiger partial charge in [-0.05, 0) is 36.9 Å². The molecule has 0 amide bonds. The van der Waals surface area contributed by atoms with Crippen molar-refractivity contribution in [3.8, 4) is 6.07 Å². The summed E-state index contributed by atoms with van der Waals surface area (Å²) in [6.45, 7) is 5.52. The van der Waals surface area contributed by atoms with Crippen molar-refractivity contribution in [3.05, 3.63) is 35.4 Å². The summed E-state index contributed by atoms with van der Waals surface area (Å²) < 4.78 is 0. The van der Waals surface area contributed by atoms with E-state index in [1.165, 1.54) is 0 Å². The lowest BCUT2D eigenvalue weighted by molar-refractivity contribution is -0.121. The van der Waals surface area contributed by atoms with Crippen molar-refractivity contribution in [2.45, 2.75) is 39.6 Å². The van der Waals surface area contributed by atoms with E-state index in [0.717, 1.165) is 5.56 Å². The highest BCUT2D eigenvalue weighted by atomic mass is 16.2. The quantitative estimate of drug-likeness (QED) is 0.742. The highest BCUT2D eigenvalue weighted by Gasteiger charge is 2.23. The second-order valence-corrected chi connectivity index (χ2v) is 5.34. The molecule has 1 rings (SSSR count). The molecule has 0 saturated heterocycles. The average Bonchev–Trinajstić information content (AvgIpc) is 2.42. The van der Waals surface area contributed by atoms with E-state index in [2.05, 4.69) is 11.3 Å². The Balaban J connectivity index is 2.62. The lowest BCUT2D eigenvalue weighted by Gasteiger charge is -2.21. The zero-order valence-corrected chi connectivity index (χ0v) is 12.3. The van der Waals surface area contributed by atoms with Gasteiger partial charge < -0.3 is 10.3 Å². The van der Waals surface area contributed by atoms with Crippen LogP contribution in [0.4, 0.5) is 0 Å². The number of nitrogens with one attached hydrogen (secondary N) is 1. The number of nitrogens with zero attached hydrogens (tertiary/aromatic N) is 1. The molecule has 106 valence electrons. The predicted molar refractivity (Wildman–Crippen MR) is 80.1 cm³/mol. The van der Waals surface area contributed by atoms with Crippen LogP contribution >= 0.6 is 0 Å². The molecule has 1 aromatic rings. The van der Waals surface area contributed by atoms with Crippen molar-refractivity contribution < 1.29 is 9.82 Å². The Bertz CT molecular complexity index is 495. The van der Waals surface area contributed by atoms with Crippen LogP contribution in [0.5, 0.6) is 0 Å². The summed E-state index contributed by atoms with van der Waals surface area (Å²) in [5.74, 6) is 0.214. The zero-order valence-electron chi connectivity index (χ0n) is 12.3. The maximum absolute atomic E-state index is 12.2. The van der Waals surface area contributed by atoms with Gasteiger partial charge in [-0.2, -0.15) is 5.26 Å². The number of ketones is 1. The number of carbonyl (C=O) groups excluding carboxylic acids is 1. The molecular formula is C15H21BN2O2. The average molecular weight is 272 g/mol. The van der Waals surface area contributed by atoms with Crippen molar-refractivity contribution in [3.63, 3.8) is 0 Å². The third-order valence-corrected chi connectivity index (χ3v) is 3.15. The normalized spacial score (nSPS) is 12.0. The van der Waals surface area contributed by atoms with Crippen molar-refractivity contribution >= 4 is 12.8 Å². The van der Waals surface area contributed by atoms with Crippen LogP contribution in [0.2, 0.25) is 6.82 Å². The van der Waals surface area contributed by atoms with Gasteiger partial charge in [0.25, 0.3) is 0 Å². The topological polar surface area (TPSA) is 73.1 Å². The van der Waals surface area contributed by atoms with Crippen LogP contribution in [-0.4, -0.2) is 23.9 Å². The summed E-state index contributed by atoms with van der Waals surface area (Å²) in [7, 11) is -0.701. The second kappa shape index (κ2) is 7.83. The SMILES string of the molecule is CB(O)N[C@@H](C(=O)CCc1cccc(C#N)c1)C(C)C. The van der Waals surface area contributed by atoms with Crippen LogP contribution in [0, 0.1) is 17.2 Å². The molecule has 20 heavy (non-hydrogen) atoms. The summed E-state index contributed by atoms with van der Waals surface area (Å²) in [6, 6.07) is 9.05. The maximum Gasteiger partial charge on any atom is 0.374 e. The molecule has 0 heterocycles. The highest BCUT2D eigenvalue weighted by molar-refractivity contribution is 6.46. The molecule has 0 aromatic heterocycles. The fourth-order valence-corrected chi connectivity index (χ4v) is 2.14. The number of Topliss-reactive ketones (excluding diaryl/α,β-unsaturated/α-hetero) is 1. The first-order valence-corrected chi connectivity index (χ1v) is 6.90. The van der Waals surface area contributed by atoms with E-state index in [0.29, 0.717) is 18.4 Å². The summed E-state index contributed by atoms with van der Waals surface area (Å²) >= 11 is 0. The van der Waals surface area contributed by atoms with E-state index in [4.69, 9.17) is 5.26 Å². The zero-order chi connectivity index (χ0) is 15.1. The molecule has 0 fully saturated rings. The van der Waals surface area contributed by atoms with Gasteiger partial charge in [0.15, 0.2) is 0 Å². The van der Waals surface area contributed by atoms with Crippen LogP contribution < -0.4 is 5.23 Å². The van der Waals surface area contributed by atoms with Crippen molar-refractivity contribution in [2.24, 2.45) is 5.92 Å². The number of carbonyl (C=O) groups is 1. The maximum atomic E-state index is 12.2. The van der Waals surface area contributed by atoms with E-state index in [9.17, 15) is 9.82 Å². The molecule has 0 saturated carbocycles. The molecule has 4 nitrogen and oxygen atoms in total. The molecule has 0 bridgehead atoms. The second-order valence-electron chi connectivity index (χ2n) is 5.34. The number of benzene rings is 1. The van der Waals surface area contributed by atoms with Crippen LogP contribution in [0.25, 0.3) is 0 Å². The molecule has 1 atom stereocenters. The minimum atomic E-state index is -0.701. The number of hydrogen-bond donors (Lipinski definition) is 2. The minimum Gasteiger partial charge on any atom is -0.437 e. The Morgan fingerprint density at radius 2 is 2.20 bits per heavy atom. The minimum absolute atomic E-state index is 0.0864. The van der Waals surface area contributed by atoms with Gasteiger partial charge in [-0.15, -0.1) is 0 Å². The van der Waals surface area contributed by atoms with Gasteiger partial charge >= 0.3 is 7.05 Å². The van der Waals surface area contributed by atoms with Gasteiger partial charge in [-0.25, -0.2) is 0 Å². The van der Waals surface area contributed by atoms with Crippen molar-refractivity contribution in [1.82, 2.24) is 5.23 Å². The fourth-order valence-electron chi connectivity index (χ4n) is 2.14. The van der Waals surface area contributed by atoms with Gasteiger partial charge in [-0.1, -0.05) is 26.0 Å². The first kappa shape index (κ1) is 16.4. The molecule has 0 radical (unpaired) electrons. The largest absolute Gasteiger partial charge is 0.437 e. The molecule has 0 unspecified atom stereocenters. The summed E-state index contributed by atoms with van der Waals surface area (Å²) in [5, 5.41) is 21.1. The monoisotopic (exact) mass is 272 g/mol. The molecule has 0 spiro atoms. The van der Waals surface area contributed by atoms with Crippen LogP contribution in [0.1, 0.15) is 31.4 Å². The first-order chi connectivity index (χ1) is 9.43. The number of nitriles is 1. The third-order valence-electron chi connectivity index (χ3n) is 3.15. The number of hydrogen-bond acceptors (Lipinski definition) is 4. The fraction of sp³-hybridized carbons (Fsp3) is 0.467. The third kappa shape index (κ3) is 5.16. The van der Waals surface area contributed by atoms with E-state index in [1.54, 1.807) is 19.0 Å². The van der Waals surface area contributed by atoms with Gasteiger partial charge in [0, 0.05) is 6.42 Å². The van der Waals surface area contributed by atoms with Crippen LogP contribution in [0.15, 0.2) is 24.3 Å². The summed E-state index contributed by atoms with van der Waals surface area (Å²) in [5.41, 5.74) is 1.59. The standard InChI is InChI=1S/C15H21BN2O2/c1-11(2)15(18-16(3)20)14(19)8-7-12-5-4-6-13(9-12)10-17/h4-6,9,11,15,18,20H,7-8H2,1-3H3/t15-/m1/s1. The van der Waals surface area contributed by atoms with Crippen molar-refractivity contribution in [1.29, 1.82) is 5.26 Å². The lowest BCUT2D eigenvalue weighted by atomic mass is 9.83. The van der Waals surface area contributed by atoms with Gasteiger partial charge in [-0.3, -0.25) is 4.79 Å². The van der Waals surface area contributed by atoms with E-state index in [-0.39, 0.29) is 17.7 Å². The smallest absolute Gasteiger partial charge is 0.374 e. The molecule has 0 aliphatic rings. The Hall–Kier alpha value is -1.64. The first-order valence-electron chi connectivity index (χ1n) is 6.90. The molecule has 0 aliphatic heterocycles. The van der Waals surface area contributed by atoms with Gasteiger partial charge in [0.2, 0.25) is 0 Å². The highest BCUT2D eigenvalue weighted by Crippen LogP contribution is 2.11. The Labute approximate surface area is 120 Å². The number of rotatable bonds is 7. The molecular weight excluding hydrogens is 251 g/mol. The Morgan fingerprint density at radius 1 is 1.50 bits per heavy atom. The van der Waals surface area contributed by atoms with Crippen LogP contribution in [0.3, 0.4) is 0 Å². The molecule has 2 N–H and O–H groups in total. The lowest BCUT2D eigenvalue weighted by Crippen LogP contribution is -2.47. The Kier molecular flexibility index (Phi) is 6.43. The molecule has 1 aromatic carbocycles. The summed E-state index contributed by atoms with van der Waals surface area (Å²) in [4.78, 5) is 12.2. The molecule has 5 heteroatoms. The van der Waals surface area contributed by atoms with Crippen molar-refractivity contribution in [2.75, 3.05) is 0 Å². The van der Waals surface area contributed by atoms with E-state index in [1.807, 2.05) is 26.0 Å².